The summed E-state index contributed by atoms with van der Waals surface area (Å²) in [7, 11) is 1.35. The topological polar surface area (TPSA) is 51.2 Å². The quantitative estimate of drug-likeness (QED) is 0.866. The number of hydrogen-bond donors (Lipinski definition) is 1. The summed E-state index contributed by atoms with van der Waals surface area (Å²) >= 11 is 7.20. The molecule has 3 unspecified atom stereocenters. The third-order valence-electron chi connectivity index (χ3n) is 4.36. The molecule has 0 saturated heterocycles. The molecule has 2 aliphatic rings. The fourth-order valence-electron chi connectivity index (χ4n) is 3.44. The first-order valence-electron chi connectivity index (χ1n) is 6.66. The van der Waals surface area contributed by atoms with Crippen LogP contribution in [-0.4, -0.2) is 24.6 Å². The monoisotopic (exact) mass is 300 g/mol. The molecular weight excluding hydrogens is 284 g/mol. The van der Waals surface area contributed by atoms with E-state index in [1.165, 1.54) is 44.1 Å². The van der Waals surface area contributed by atoms with E-state index in [1.807, 2.05) is 0 Å². The van der Waals surface area contributed by atoms with Gasteiger partial charge in [0.15, 0.2) is 15.2 Å². The van der Waals surface area contributed by atoms with E-state index in [1.54, 1.807) is 0 Å². The lowest BCUT2D eigenvalue weighted by Gasteiger charge is -2.21. The summed E-state index contributed by atoms with van der Waals surface area (Å²) in [5, 5.41) is 4.27. The normalized spacial score (nSPS) is 28.6. The van der Waals surface area contributed by atoms with Crippen molar-refractivity contribution in [3.05, 3.63) is 10.0 Å². The highest BCUT2D eigenvalue weighted by Gasteiger charge is 2.39. The number of fused-ring (bicyclic) bond motifs is 2. The van der Waals surface area contributed by atoms with Gasteiger partial charge in [-0.05, 0) is 37.0 Å². The van der Waals surface area contributed by atoms with Crippen LogP contribution in [0.1, 0.15) is 35.4 Å². The Morgan fingerprint density at radius 1 is 1.53 bits per heavy atom. The molecule has 3 atom stereocenters. The SMILES string of the molecule is COC(=O)c1sc(NCC2CC3CCC2C3)nc1Cl. The van der Waals surface area contributed by atoms with Crippen molar-refractivity contribution in [3.8, 4) is 0 Å². The minimum absolute atomic E-state index is 0.229. The van der Waals surface area contributed by atoms with Crippen molar-refractivity contribution < 1.29 is 9.53 Å². The Morgan fingerprint density at radius 3 is 3.00 bits per heavy atom. The fourth-order valence-corrected chi connectivity index (χ4v) is 4.55. The Hall–Kier alpha value is -0.810. The largest absolute Gasteiger partial charge is 0.465 e. The summed E-state index contributed by atoms with van der Waals surface area (Å²) in [6.45, 7) is 0.936. The number of hydrogen-bond acceptors (Lipinski definition) is 5. The van der Waals surface area contributed by atoms with Crippen LogP contribution in [0.4, 0.5) is 5.13 Å². The second kappa shape index (κ2) is 5.29. The van der Waals surface area contributed by atoms with E-state index in [0.29, 0.717) is 10.0 Å². The molecule has 2 saturated carbocycles. The molecule has 1 N–H and O–H groups in total. The number of nitrogens with zero attached hydrogens (tertiary/aromatic N) is 1. The lowest BCUT2D eigenvalue weighted by molar-refractivity contribution is 0.0606. The van der Waals surface area contributed by atoms with Gasteiger partial charge in [0.25, 0.3) is 0 Å². The number of esters is 1. The Balaban J connectivity index is 1.60. The predicted octanol–water partition coefficient (Wildman–Crippen LogP) is 3.43. The van der Waals surface area contributed by atoms with Gasteiger partial charge in [-0.25, -0.2) is 9.78 Å². The molecule has 4 nitrogen and oxygen atoms in total. The molecule has 1 heterocycles. The van der Waals surface area contributed by atoms with Crippen LogP contribution < -0.4 is 5.32 Å². The molecule has 3 rings (SSSR count). The molecule has 19 heavy (non-hydrogen) atoms. The Kier molecular flexibility index (Phi) is 3.67. The second-order valence-electron chi connectivity index (χ2n) is 5.45. The van der Waals surface area contributed by atoms with Crippen molar-refractivity contribution in [1.82, 2.24) is 4.98 Å². The van der Waals surface area contributed by atoms with Gasteiger partial charge in [-0.1, -0.05) is 29.4 Å². The minimum Gasteiger partial charge on any atom is -0.465 e. The Bertz CT molecular complexity index is 491. The summed E-state index contributed by atoms with van der Waals surface area (Å²) in [5.41, 5.74) is 0. The molecule has 0 spiro atoms. The van der Waals surface area contributed by atoms with Gasteiger partial charge in [0.2, 0.25) is 0 Å². The summed E-state index contributed by atoms with van der Waals surface area (Å²) in [4.78, 5) is 16.0. The lowest BCUT2D eigenvalue weighted by atomic mass is 9.89. The van der Waals surface area contributed by atoms with Gasteiger partial charge in [-0.3, -0.25) is 0 Å². The van der Waals surface area contributed by atoms with E-state index in [9.17, 15) is 4.79 Å². The summed E-state index contributed by atoms with van der Waals surface area (Å²) < 4.78 is 4.67. The van der Waals surface area contributed by atoms with Crippen molar-refractivity contribution in [2.24, 2.45) is 17.8 Å². The molecule has 2 aliphatic carbocycles. The maximum atomic E-state index is 11.4. The highest BCUT2D eigenvalue weighted by atomic mass is 35.5. The summed E-state index contributed by atoms with van der Waals surface area (Å²) in [6.07, 6.45) is 5.53. The number of rotatable bonds is 4. The standard InChI is InChI=1S/C13H17ClN2O2S/c1-18-12(17)10-11(14)16-13(19-10)15-6-9-5-7-2-3-8(9)4-7/h7-9H,2-6H2,1H3,(H,15,16). The summed E-state index contributed by atoms with van der Waals surface area (Å²) in [5.74, 6) is 2.16. The van der Waals surface area contributed by atoms with Crippen LogP contribution in [0.25, 0.3) is 0 Å². The first kappa shape index (κ1) is 13.2. The minimum atomic E-state index is -0.421. The zero-order valence-corrected chi connectivity index (χ0v) is 12.4. The number of aromatic nitrogens is 1. The number of carbonyl (C=O) groups excluding carboxylic acids is 1. The third kappa shape index (κ3) is 2.58. The van der Waals surface area contributed by atoms with Crippen molar-refractivity contribution >= 4 is 34.0 Å². The van der Waals surface area contributed by atoms with Crippen molar-refractivity contribution in [2.75, 3.05) is 19.0 Å². The number of methoxy groups -OCH3 is 1. The average molecular weight is 301 g/mol. The van der Waals surface area contributed by atoms with Crippen LogP contribution in [-0.2, 0) is 4.74 Å². The first-order valence-corrected chi connectivity index (χ1v) is 7.85. The average Bonchev–Trinajstić information content (AvgIpc) is 3.10. The van der Waals surface area contributed by atoms with Gasteiger partial charge < -0.3 is 10.1 Å². The molecule has 104 valence electrons. The Morgan fingerprint density at radius 2 is 2.37 bits per heavy atom. The van der Waals surface area contributed by atoms with Gasteiger partial charge in [-0.2, -0.15) is 0 Å². The van der Waals surface area contributed by atoms with E-state index in [-0.39, 0.29) is 5.15 Å². The zero-order chi connectivity index (χ0) is 13.4. The van der Waals surface area contributed by atoms with Gasteiger partial charge in [-0.15, -0.1) is 0 Å². The van der Waals surface area contributed by atoms with Crippen LogP contribution in [0.3, 0.4) is 0 Å². The van der Waals surface area contributed by atoms with Crippen LogP contribution in [0.15, 0.2) is 0 Å². The van der Waals surface area contributed by atoms with Gasteiger partial charge in [0, 0.05) is 6.54 Å². The highest BCUT2D eigenvalue weighted by molar-refractivity contribution is 7.18. The highest BCUT2D eigenvalue weighted by Crippen LogP contribution is 2.48. The van der Waals surface area contributed by atoms with Crippen molar-refractivity contribution in [3.63, 3.8) is 0 Å². The predicted molar refractivity (Wildman–Crippen MR) is 75.9 cm³/mol. The van der Waals surface area contributed by atoms with E-state index >= 15 is 0 Å². The first-order chi connectivity index (χ1) is 9.17. The summed E-state index contributed by atoms with van der Waals surface area (Å²) in [6, 6.07) is 0. The van der Waals surface area contributed by atoms with E-state index in [0.717, 1.165) is 24.3 Å². The number of anilines is 1. The van der Waals surface area contributed by atoms with Crippen LogP contribution >= 0.6 is 22.9 Å². The van der Waals surface area contributed by atoms with E-state index < -0.39 is 5.97 Å². The molecular formula is C13H17ClN2O2S. The van der Waals surface area contributed by atoms with Crippen LogP contribution in [0, 0.1) is 17.8 Å². The molecule has 0 amide bonds. The molecule has 6 heteroatoms. The number of carbonyl (C=O) groups is 1. The van der Waals surface area contributed by atoms with Crippen molar-refractivity contribution in [1.29, 1.82) is 0 Å². The smallest absolute Gasteiger partial charge is 0.351 e. The zero-order valence-electron chi connectivity index (χ0n) is 10.8. The molecule has 2 bridgehead atoms. The van der Waals surface area contributed by atoms with Gasteiger partial charge >= 0.3 is 5.97 Å². The molecule has 0 aliphatic heterocycles. The second-order valence-corrected chi connectivity index (χ2v) is 6.80. The van der Waals surface area contributed by atoms with Crippen molar-refractivity contribution in [2.45, 2.75) is 25.7 Å². The maximum Gasteiger partial charge on any atom is 0.351 e. The lowest BCUT2D eigenvalue weighted by Crippen LogP contribution is -2.19. The molecule has 1 aromatic rings. The van der Waals surface area contributed by atoms with E-state index in [2.05, 4.69) is 15.0 Å². The molecule has 0 radical (unpaired) electrons. The number of halogens is 1. The molecule has 0 aromatic carbocycles. The van der Waals surface area contributed by atoms with Gasteiger partial charge in [0.1, 0.15) is 0 Å². The van der Waals surface area contributed by atoms with Gasteiger partial charge in [0.05, 0.1) is 7.11 Å². The van der Waals surface area contributed by atoms with Crippen LogP contribution in [0.5, 0.6) is 0 Å². The maximum absolute atomic E-state index is 11.4. The van der Waals surface area contributed by atoms with E-state index in [4.69, 9.17) is 11.6 Å². The Labute approximate surface area is 121 Å². The number of ether oxygens (including phenoxy) is 1. The molecule has 2 fully saturated rings. The van der Waals surface area contributed by atoms with Crippen LogP contribution in [0.2, 0.25) is 5.15 Å². The number of thiazole rings is 1. The molecule has 1 aromatic heterocycles. The third-order valence-corrected chi connectivity index (χ3v) is 5.74. The fraction of sp³-hybridized carbons (Fsp3) is 0.692. The number of nitrogens with one attached hydrogen (secondary N) is 1.